The molecular formula is C10H14BrN5O2S2. The van der Waals surface area contributed by atoms with Crippen LogP contribution in [0.25, 0.3) is 0 Å². The maximum absolute atomic E-state index is 12.2. The number of hydrogen-bond acceptors (Lipinski definition) is 6. The largest absolute Gasteiger partial charge is 0.326 e. The summed E-state index contributed by atoms with van der Waals surface area (Å²) in [5.41, 5.74) is 5.52. The van der Waals surface area contributed by atoms with Gasteiger partial charge >= 0.3 is 0 Å². The fraction of sp³-hybridized carbons (Fsp3) is 0.400. The molecule has 0 atom stereocenters. The van der Waals surface area contributed by atoms with Crippen LogP contribution in [-0.2, 0) is 29.7 Å². The quantitative estimate of drug-likeness (QED) is 0.780. The molecule has 0 unspecified atom stereocenters. The van der Waals surface area contributed by atoms with Gasteiger partial charge in [0.2, 0.25) is 10.0 Å². The molecule has 2 heterocycles. The van der Waals surface area contributed by atoms with Crippen molar-refractivity contribution in [2.45, 2.75) is 31.5 Å². The van der Waals surface area contributed by atoms with E-state index in [4.69, 9.17) is 5.73 Å². The molecule has 0 aliphatic heterocycles. The van der Waals surface area contributed by atoms with Gasteiger partial charge in [0.1, 0.15) is 17.0 Å². The van der Waals surface area contributed by atoms with E-state index in [0.717, 1.165) is 4.88 Å². The van der Waals surface area contributed by atoms with Crippen LogP contribution in [0.4, 0.5) is 0 Å². The average Bonchev–Trinajstić information content (AvgIpc) is 3.02. The van der Waals surface area contributed by atoms with Crippen LogP contribution >= 0.6 is 27.3 Å². The first-order valence-electron chi connectivity index (χ1n) is 5.82. The molecule has 0 radical (unpaired) electrons. The molecule has 3 N–H and O–H groups in total. The van der Waals surface area contributed by atoms with Gasteiger partial charge in [-0.05, 0) is 28.9 Å². The van der Waals surface area contributed by atoms with E-state index in [-0.39, 0.29) is 11.4 Å². The van der Waals surface area contributed by atoms with E-state index < -0.39 is 10.0 Å². The molecule has 2 aromatic heterocycles. The van der Waals surface area contributed by atoms with E-state index in [1.54, 1.807) is 17.0 Å². The zero-order valence-corrected chi connectivity index (χ0v) is 13.9. The van der Waals surface area contributed by atoms with Crippen LogP contribution in [0.15, 0.2) is 21.1 Å². The Kier molecular flexibility index (Phi) is 4.91. The molecule has 0 bridgehead atoms. The summed E-state index contributed by atoms with van der Waals surface area (Å²) in [4.78, 5) is 1.000. The molecule has 20 heavy (non-hydrogen) atoms. The molecule has 0 aliphatic rings. The molecule has 0 saturated carbocycles. The lowest BCUT2D eigenvalue weighted by Crippen LogP contribution is -2.25. The summed E-state index contributed by atoms with van der Waals surface area (Å²) in [7, 11) is -3.60. The lowest BCUT2D eigenvalue weighted by Gasteiger charge is -2.06. The van der Waals surface area contributed by atoms with E-state index in [1.165, 1.54) is 11.3 Å². The van der Waals surface area contributed by atoms with E-state index in [0.29, 0.717) is 22.7 Å². The van der Waals surface area contributed by atoms with E-state index in [1.807, 2.05) is 6.92 Å². The van der Waals surface area contributed by atoms with Gasteiger partial charge in [0.25, 0.3) is 0 Å². The van der Waals surface area contributed by atoms with Crippen LogP contribution < -0.4 is 10.5 Å². The van der Waals surface area contributed by atoms with Crippen molar-refractivity contribution in [2.75, 3.05) is 0 Å². The Balaban J connectivity index is 2.17. The van der Waals surface area contributed by atoms with Gasteiger partial charge in [-0.2, -0.15) is 0 Å². The molecule has 7 nitrogen and oxygen atoms in total. The number of hydrogen-bond donors (Lipinski definition) is 2. The van der Waals surface area contributed by atoms with Gasteiger partial charge in [-0.3, -0.25) is 0 Å². The van der Waals surface area contributed by atoms with Crippen LogP contribution in [0.1, 0.15) is 17.6 Å². The normalized spacial score (nSPS) is 11.9. The molecule has 0 fully saturated rings. The molecule has 0 spiro atoms. The van der Waals surface area contributed by atoms with Crippen molar-refractivity contribution in [1.82, 2.24) is 19.5 Å². The van der Waals surface area contributed by atoms with Crippen LogP contribution in [0.3, 0.4) is 0 Å². The highest BCUT2D eigenvalue weighted by Gasteiger charge is 2.21. The second-order valence-corrected chi connectivity index (χ2v) is 8.10. The fourth-order valence-electron chi connectivity index (χ4n) is 1.60. The Morgan fingerprint density at radius 1 is 1.55 bits per heavy atom. The van der Waals surface area contributed by atoms with Gasteiger partial charge in [-0.15, -0.1) is 21.5 Å². The predicted octanol–water partition coefficient (Wildman–Crippen LogP) is 1.06. The molecule has 110 valence electrons. The SMILES string of the molecule is CCn1cnnc1CNS(=O)(=O)c1cc(CN)sc1Br. The molecule has 0 aromatic carbocycles. The van der Waals surface area contributed by atoms with E-state index in [9.17, 15) is 8.42 Å². The Bertz CT molecular complexity index is 694. The Morgan fingerprint density at radius 3 is 2.90 bits per heavy atom. The second kappa shape index (κ2) is 6.31. The smallest absolute Gasteiger partial charge is 0.242 e. The van der Waals surface area contributed by atoms with Crippen LogP contribution in [0.2, 0.25) is 0 Å². The summed E-state index contributed by atoms with van der Waals surface area (Å²) >= 11 is 4.56. The minimum absolute atomic E-state index is 0.0937. The first-order valence-corrected chi connectivity index (χ1v) is 8.91. The number of nitrogens with two attached hydrogens (primary N) is 1. The second-order valence-electron chi connectivity index (χ2n) is 3.91. The summed E-state index contributed by atoms with van der Waals surface area (Å²) in [5.74, 6) is 0.571. The molecule has 2 aromatic rings. The van der Waals surface area contributed by atoms with Crippen LogP contribution in [0.5, 0.6) is 0 Å². The standard InChI is InChI=1S/C10H14BrN5O2S2/c1-2-16-6-13-15-9(16)5-14-20(17,18)8-3-7(4-12)19-10(8)11/h3,6,14H,2,4-5,12H2,1H3. The molecule has 2 rings (SSSR count). The third kappa shape index (κ3) is 3.26. The average molecular weight is 380 g/mol. The maximum Gasteiger partial charge on any atom is 0.242 e. The monoisotopic (exact) mass is 379 g/mol. The van der Waals surface area contributed by atoms with Crippen molar-refractivity contribution >= 4 is 37.3 Å². The van der Waals surface area contributed by atoms with Gasteiger partial charge < -0.3 is 10.3 Å². The molecular weight excluding hydrogens is 366 g/mol. The van der Waals surface area contributed by atoms with Crippen molar-refractivity contribution in [1.29, 1.82) is 0 Å². The van der Waals surface area contributed by atoms with Crippen molar-refractivity contribution in [2.24, 2.45) is 5.73 Å². The van der Waals surface area contributed by atoms with Gasteiger partial charge in [0.05, 0.1) is 10.3 Å². The number of halogens is 1. The van der Waals surface area contributed by atoms with Gasteiger partial charge in [0.15, 0.2) is 0 Å². The van der Waals surface area contributed by atoms with E-state index in [2.05, 4.69) is 30.8 Å². The van der Waals surface area contributed by atoms with Crippen LogP contribution in [-0.4, -0.2) is 23.2 Å². The maximum atomic E-state index is 12.2. The van der Waals surface area contributed by atoms with Crippen molar-refractivity contribution in [3.63, 3.8) is 0 Å². The zero-order chi connectivity index (χ0) is 14.8. The molecule has 0 amide bonds. The topological polar surface area (TPSA) is 103 Å². The Labute approximate surface area is 129 Å². The highest BCUT2D eigenvalue weighted by atomic mass is 79.9. The first-order chi connectivity index (χ1) is 9.47. The zero-order valence-electron chi connectivity index (χ0n) is 10.7. The number of aromatic nitrogens is 3. The highest BCUT2D eigenvalue weighted by Crippen LogP contribution is 2.31. The third-order valence-electron chi connectivity index (χ3n) is 2.65. The lowest BCUT2D eigenvalue weighted by molar-refractivity contribution is 0.575. The summed E-state index contributed by atoms with van der Waals surface area (Å²) in [5, 5.41) is 7.64. The van der Waals surface area contributed by atoms with Crippen molar-refractivity contribution in [3.05, 3.63) is 26.9 Å². The summed E-state index contributed by atoms with van der Waals surface area (Å²) < 4.78 is 29.3. The van der Waals surface area contributed by atoms with Crippen molar-refractivity contribution < 1.29 is 8.42 Å². The minimum atomic E-state index is -3.60. The first kappa shape index (κ1) is 15.6. The molecule has 0 aliphatic carbocycles. The number of nitrogens with one attached hydrogen (secondary N) is 1. The lowest BCUT2D eigenvalue weighted by atomic mass is 10.5. The Hall–Kier alpha value is -0.810. The third-order valence-corrected chi connectivity index (χ3v) is 6.33. The molecule has 10 heteroatoms. The van der Waals surface area contributed by atoms with Gasteiger partial charge in [-0.25, -0.2) is 13.1 Å². The van der Waals surface area contributed by atoms with Crippen molar-refractivity contribution in [3.8, 4) is 0 Å². The highest BCUT2D eigenvalue weighted by molar-refractivity contribution is 9.11. The summed E-state index contributed by atoms with van der Waals surface area (Å²) in [6.45, 7) is 3.02. The number of nitrogens with zero attached hydrogens (tertiary/aromatic N) is 3. The number of sulfonamides is 1. The molecule has 0 saturated heterocycles. The predicted molar refractivity (Wildman–Crippen MR) is 79.6 cm³/mol. The van der Waals surface area contributed by atoms with E-state index >= 15 is 0 Å². The number of thiophene rings is 1. The minimum Gasteiger partial charge on any atom is -0.326 e. The van der Waals surface area contributed by atoms with Gasteiger partial charge in [0, 0.05) is 18.0 Å². The Morgan fingerprint density at radius 2 is 2.30 bits per heavy atom. The number of rotatable bonds is 6. The fourth-order valence-corrected chi connectivity index (χ4v) is 5.14. The summed E-state index contributed by atoms with van der Waals surface area (Å²) in [6, 6.07) is 1.57. The van der Waals surface area contributed by atoms with Gasteiger partial charge in [-0.1, -0.05) is 0 Å². The number of aryl methyl sites for hydroxylation is 1. The summed E-state index contributed by atoms with van der Waals surface area (Å²) in [6.07, 6.45) is 1.57. The van der Waals surface area contributed by atoms with Crippen LogP contribution in [0, 0.1) is 0 Å².